The zero-order valence-electron chi connectivity index (χ0n) is 9.04. The average Bonchev–Trinajstić information content (AvgIpc) is 2.65. The number of rotatable bonds is 2. The van der Waals surface area contributed by atoms with E-state index in [0.717, 1.165) is 5.56 Å². The molecular formula is C10H14N4O2. The molecule has 0 bridgehead atoms. The number of nitrogens with one attached hydrogen (secondary N) is 3. The summed E-state index contributed by atoms with van der Waals surface area (Å²) in [5.74, 6) is 0.413. The number of carbonyl (C=O) groups excluding carboxylic acids is 2. The fourth-order valence-corrected chi connectivity index (χ4v) is 1.65. The maximum absolute atomic E-state index is 11.8. The van der Waals surface area contributed by atoms with E-state index in [-0.39, 0.29) is 17.7 Å². The minimum absolute atomic E-state index is 0.0155. The lowest BCUT2D eigenvalue weighted by Gasteiger charge is -2.21. The number of H-pyrrole nitrogens is 1. The van der Waals surface area contributed by atoms with Crippen molar-refractivity contribution in [3.05, 3.63) is 11.8 Å². The largest absolute Gasteiger partial charge is 0.355 e. The molecule has 1 aliphatic heterocycles. The molecule has 1 atom stereocenters. The number of aromatic nitrogens is 2. The summed E-state index contributed by atoms with van der Waals surface area (Å²) in [6.07, 6.45) is 2.67. The fraction of sp³-hybridized carbons (Fsp3) is 0.500. The second-order valence-corrected chi connectivity index (χ2v) is 3.96. The highest BCUT2D eigenvalue weighted by Crippen LogP contribution is 2.15. The van der Waals surface area contributed by atoms with E-state index in [1.807, 2.05) is 6.92 Å². The lowest BCUT2D eigenvalue weighted by Crippen LogP contribution is -2.40. The molecule has 0 radical (unpaired) electrons. The van der Waals surface area contributed by atoms with Crippen LogP contribution in [0.1, 0.15) is 18.4 Å². The number of hydrogen-bond donors (Lipinski definition) is 3. The van der Waals surface area contributed by atoms with Crippen LogP contribution in [0.5, 0.6) is 0 Å². The van der Waals surface area contributed by atoms with Gasteiger partial charge in [0.15, 0.2) is 0 Å². The second kappa shape index (κ2) is 4.34. The monoisotopic (exact) mass is 222 g/mol. The number of aromatic amines is 1. The Morgan fingerprint density at radius 1 is 1.62 bits per heavy atom. The minimum atomic E-state index is -0.152. The Morgan fingerprint density at radius 3 is 3.00 bits per heavy atom. The minimum Gasteiger partial charge on any atom is -0.355 e. The third kappa shape index (κ3) is 2.21. The van der Waals surface area contributed by atoms with Gasteiger partial charge in [-0.05, 0) is 13.3 Å². The molecule has 3 N–H and O–H groups in total. The van der Waals surface area contributed by atoms with Gasteiger partial charge in [-0.1, -0.05) is 0 Å². The number of aryl methyl sites for hydroxylation is 1. The van der Waals surface area contributed by atoms with Crippen molar-refractivity contribution in [3.63, 3.8) is 0 Å². The molecular weight excluding hydrogens is 208 g/mol. The van der Waals surface area contributed by atoms with Gasteiger partial charge in [0.05, 0.1) is 12.1 Å². The molecule has 1 aromatic rings. The Kier molecular flexibility index (Phi) is 2.89. The number of anilines is 1. The van der Waals surface area contributed by atoms with Crippen molar-refractivity contribution in [2.24, 2.45) is 5.92 Å². The number of amides is 2. The first-order valence-corrected chi connectivity index (χ1v) is 5.24. The van der Waals surface area contributed by atoms with Gasteiger partial charge in [0.1, 0.15) is 5.82 Å². The van der Waals surface area contributed by atoms with Gasteiger partial charge in [0.2, 0.25) is 11.8 Å². The van der Waals surface area contributed by atoms with Crippen LogP contribution in [0.25, 0.3) is 0 Å². The quantitative estimate of drug-likeness (QED) is 0.667. The van der Waals surface area contributed by atoms with E-state index >= 15 is 0 Å². The van der Waals surface area contributed by atoms with E-state index in [1.165, 1.54) is 0 Å². The van der Waals surface area contributed by atoms with Crippen molar-refractivity contribution < 1.29 is 9.59 Å². The second-order valence-electron chi connectivity index (χ2n) is 3.96. The van der Waals surface area contributed by atoms with Crippen molar-refractivity contribution in [2.45, 2.75) is 19.8 Å². The highest BCUT2D eigenvalue weighted by molar-refractivity contribution is 5.93. The van der Waals surface area contributed by atoms with Gasteiger partial charge in [-0.25, -0.2) is 0 Å². The molecule has 0 aliphatic carbocycles. The molecule has 1 aliphatic rings. The third-order valence-electron chi connectivity index (χ3n) is 2.71. The highest BCUT2D eigenvalue weighted by Gasteiger charge is 2.24. The molecule has 2 heterocycles. The van der Waals surface area contributed by atoms with Gasteiger partial charge < -0.3 is 10.6 Å². The van der Waals surface area contributed by atoms with E-state index in [4.69, 9.17) is 0 Å². The molecule has 1 unspecified atom stereocenters. The molecule has 6 heteroatoms. The summed E-state index contributed by atoms with van der Waals surface area (Å²) in [4.78, 5) is 22.8. The van der Waals surface area contributed by atoms with Gasteiger partial charge in [0.25, 0.3) is 0 Å². The molecule has 1 fully saturated rings. The normalized spacial score (nSPS) is 20.3. The zero-order chi connectivity index (χ0) is 11.5. The van der Waals surface area contributed by atoms with Crippen LogP contribution in [0.3, 0.4) is 0 Å². The van der Waals surface area contributed by atoms with Gasteiger partial charge in [0, 0.05) is 18.5 Å². The Labute approximate surface area is 92.8 Å². The molecule has 0 saturated carbocycles. The van der Waals surface area contributed by atoms with Crippen LogP contribution in [-0.2, 0) is 9.59 Å². The van der Waals surface area contributed by atoms with E-state index in [2.05, 4.69) is 20.8 Å². The van der Waals surface area contributed by atoms with Crippen LogP contribution in [0, 0.1) is 12.8 Å². The van der Waals surface area contributed by atoms with Crippen molar-refractivity contribution in [1.29, 1.82) is 0 Å². The lowest BCUT2D eigenvalue weighted by atomic mass is 9.98. The van der Waals surface area contributed by atoms with Gasteiger partial charge in [-0.2, -0.15) is 5.10 Å². The van der Waals surface area contributed by atoms with Crippen molar-refractivity contribution in [3.8, 4) is 0 Å². The van der Waals surface area contributed by atoms with Crippen LogP contribution >= 0.6 is 0 Å². The summed E-state index contributed by atoms with van der Waals surface area (Å²) < 4.78 is 0. The first-order valence-electron chi connectivity index (χ1n) is 5.24. The highest BCUT2D eigenvalue weighted by atomic mass is 16.2. The van der Waals surface area contributed by atoms with Crippen LogP contribution in [0.15, 0.2) is 6.20 Å². The van der Waals surface area contributed by atoms with Crippen LogP contribution in [-0.4, -0.2) is 28.6 Å². The molecule has 2 rings (SSSR count). The fourth-order valence-electron chi connectivity index (χ4n) is 1.65. The van der Waals surface area contributed by atoms with Gasteiger partial charge >= 0.3 is 0 Å². The number of nitrogens with zero attached hydrogens (tertiary/aromatic N) is 1. The first kappa shape index (κ1) is 10.7. The topological polar surface area (TPSA) is 86.9 Å². The van der Waals surface area contributed by atoms with Crippen molar-refractivity contribution in [2.75, 3.05) is 11.9 Å². The van der Waals surface area contributed by atoms with Gasteiger partial charge in [-0.15, -0.1) is 0 Å². The summed E-state index contributed by atoms with van der Waals surface area (Å²) in [5.41, 5.74) is 0.896. The molecule has 1 aromatic heterocycles. The molecule has 0 spiro atoms. The predicted molar refractivity (Wildman–Crippen MR) is 57.7 cm³/mol. The summed E-state index contributed by atoms with van der Waals surface area (Å²) >= 11 is 0. The van der Waals surface area contributed by atoms with Crippen LogP contribution in [0.2, 0.25) is 0 Å². The van der Waals surface area contributed by atoms with Crippen molar-refractivity contribution in [1.82, 2.24) is 15.5 Å². The average molecular weight is 222 g/mol. The Bertz CT molecular complexity index is 403. The summed E-state index contributed by atoms with van der Waals surface area (Å²) in [6, 6.07) is 0. The molecule has 86 valence electrons. The number of piperidine rings is 1. The van der Waals surface area contributed by atoms with Gasteiger partial charge in [-0.3, -0.25) is 14.7 Å². The van der Waals surface area contributed by atoms with E-state index in [9.17, 15) is 9.59 Å². The molecule has 6 nitrogen and oxygen atoms in total. The van der Waals surface area contributed by atoms with Crippen molar-refractivity contribution >= 4 is 17.6 Å². The maximum atomic E-state index is 11.8. The summed E-state index contributed by atoms with van der Waals surface area (Å²) in [7, 11) is 0. The zero-order valence-corrected chi connectivity index (χ0v) is 9.04. The third-order valence-corrected chi connectivity index (χ3v) is 2.71. The molecule has 2 amide bonds. The summed E-state index contributed by atoms with van der Waals surface area (Å²) in [6.45, 7) is 2.28. The Balaban J connectivity index is 1.93. The molecule has 0 aromatic carbocycles. The Hall–Kier alpha value is -1.85. The van der Waals surface area contributed by atoms with E-state index in [1.54, 1.807) is 6.20 Å². The standard InChI is InChI=1S/C10H14N4O2/c1-6-4-12-14-9(6)13-10(16)7-2-3-8(15)11-5-7/h4,7H,2-3,5H2,1H3,(H,11,15)(H2,12,13,14,16). The molecule has 16 heavy (non-hydrogen) atoms. The van der Waals surface area contributed by atoms with Crippen LogP contribution in [0.4, 0.5) is 5.82 Å². The SMILES string of the molecule is Cc1cn[nH]c1NC(=O)C1CCC(=O)NC1. The smallest absolute Gasteiger partial charge is 0.230 e. The Morgan fingerprint density at radius 2 is 2.44 bits per heavy atom. The van der Waals surface area contributed by atoms with E-state index < -0.39 is 0 Å². The molecule has 1 saturated heterocycles. The lowest BCUT2D eigenvalue weighted by molar-refractivity contribution is -0.126. The number of hydrogen-bond acceptors (Lipinski definition) is 3. The summed E-state index contributed by atoms with van der Waals surface area (Å²) in [5, 5.41) is 12.0. The number of carbonyl (C=O) groups is 2. The predicted octanol–water partition coefficient (Wildman–Crippen LogP) is 0.183. The first-order chi connectivity index (χ1) is 7.66. The maximum Gasteiger partial charge on any atom is 0.230 e. The van der Waals surface area contributed by atoms with E-state index in [0.29, 0.717) is 25.2 Å². The van der Waals surface area contributed by atoms with Crippen LogP contribution < -0.4 is 10.6 Å².